The van der Waals surface area contributed by atoms with Gasteiger partial charge in [-0.2, -0.15) is 0 Å². The van der Waals surface area contributed by atoms with Crippen molar-refractivity contribution in [3.63, 3.8) is 0 Å². The van der Waals surface area contributed by atoms with E-state index in [1.54, 1.807) is 0 Å². The van der Waals surface area contributed by atoms with Crippen LogP contribution >= 0.6 is 0 Å². The first-order valence-electron chi connectivity index (χ1n) is 19.2. The van der Waals surface area contributed by atoms with Crippen LogP contribution in [0.25, 0.3) is 111 Å². The SMILES string of the molecule is c1ccc(-c2ccc(-c3nc(-c4ccccc4)cc(-c4ccc(-c5c6c(cc7c(-c8ccccc8)nc8ccccc8c57)oc5ccccc56)cc4)n3)cc2)cc1. The Hall–Kier alpha value is -7.69. The summed E-state index contributed by atoms with van der Waals surface area (Å²) in [7, 11) is 0. The predicted octanol–water partition coefficient (Wildman–Crippen LogP) is 14.1. The van der Waals surface area contributed by atoms with Gasteiger partial charge in [-0.1, -0.05) is 176 Å². The third kappa shape index (κ3) is 5.74. The fourth-order valence-corrected chi connectivity index (χ4v) is 8.15. The molecule has 8 aromatic carbocycles. The van der Waals surface area contributed by atoms with Gasteiger partial charge in [0, 0.05) is 54.7 Å². The van der Waals surface area contributed by atoms with Crippen molar-refractivity contribution >= 4 is 43.6 Å². The first-order chi connectivity index (χ1) is 28.2. The molecule has 0 radical (unpaired) electrons. The molecule has 0 bridgehead atoms. The summed E-state index contributed by atoms with van der Waals surface area (Å²) in [5, 5.41) is 5.49. The minimum atomic E-state index is 0.683. The summed E-state index contributed by atoms with van der Waals surface area (Å²) in [5.74, 6) is 0.683. The number of rotatable bonds is 6. The molecule has 0 saturated heterocycles. The van der Waals surface area contributed by atoms with Crippen molar-refractivity contribution in [1.29, 1.82) is 0 Å². The molecule has 0 amide bonds. The maximum Gasteiger partial charge on any atom is 0.160 e. The van der Waals surface area contributed by atoms with Crippen molar-refractivity contribution in [2.45, 2.75) is 0 Å². The molecule has 0 atom stereocenters. The van der Waals surface area contributed by atoms with Crippen molar-refractivity contribution in [2.75, 3.05) is 0 Å². The van der Waals surface area contributed by atoms with Crippen LogP contribution in [0.3, 0.4) is 0 Å². The highest BCUT2D eigenvalue weighted by Crippen LogP contribution is 2.46. The van der Waals surface area contributed by atoms with Gasteiger partial charge in [0.1, 0.15) is 11.2 Å². The Bertz CT molecular complexity index is 3250. The zero-order valence-corrected chi connectivity index (χ0v) is 30.8. The van der Waals surface area contributed by atoms with Crippen molar-refractivity contribution in [3.05, 3.63) is 200 Å². The summed E-state index contributed by atoms with van der Waals surface area (Å²) in [6, 6.07) is 69.6. The normalized spacial score (nSPS) is 11.5. The second kappa shape index (κ2) is 13.6. The van der Waals surface area contributed by atoms with Gasteiger partial charge in [0.05, 0.1) is 22.6 Å². The molecule has 0 aliphatic heterocycles. The molecule has 11 rings (SSSR count). The van der Waals surface area contributed by atoms with E-state index in [-0.39, 0.29) is 0 Å². The second-order valence-electron chi connectivity index (χ2n) is 14.3. The molecule has 11 aromatic rings. The molecule has 4 heteroatoms. The quantitative estimate of drug-likeness (QED) is 0.160. The van der Waals surface area contributed by atoms with Crippen LogP contribution in [0.2, 0.25) is 0 Å². The van der Waals surface area contributed by atoms with E-state index in [1.807, 2.05) is 42.5 Å². The monoisotopic (exact) mass is 727 g/mol. The van der Waals surface area contributed by atoms with Gasteiger partial charge in [0.15, 0.2) is 5.82 Å². The Balaban J connectivity index is 1.11. The van der Waals surface area contributed by atoms with Crippen LogP contribution in [0, 0.1) is 0 Å². The minimum absolute atomic E-state index is 0.683. The lowest BCUT2D eigenvalue weighted by Gasteiger charge is -2.16. The van der Waals surface area contributed by atoms with E-state index in [1.165, 1.54) is 5.56 Å². The van der Waals surface area contributed by atoms with Crippen LogP contribution in [0.1, 0.15) is 0 Å². The van der Waals surface area contributed by atoms with Crippen molar-refractivity contribution < 1.29 is 4.42 Å². The van der Waals surface area contributed by atoms with Gasteiger partial charge in [-0.15, -0.1) is 0 Å². The molecule has 266 valence electrons. The lowest BCUT2D eigenvalue weighted by molar-refractivity contribution is 0.669. The van der Waals surface area contributed by atoms with E-state index in [4.69, 9.17) is 19.4 Å². The molecular formula is C53H33N3O. The number of nitrogens with zero attached hydrogens (tertiary/aromatic N) is 3. The molecule has 0 unspecified atom stereocenters. The average molecular weight is 728 g/mol. The summed E-state index contributed by atoms with van der Waals surface area (Å²) >= 11 is 0. The fourth-order valence-electron chi connectivity index (χ4n) is 8.15. The van der Waals surface area contributed by atoms with Crippen LogP contribution in [0.5, 0.6) is 0 Å². The molecule has 0 aliphatic rings. The van der Waals surface area contributed by atoms with Gasteiger partial charge in [-0.05, 0) is 41.0 Å². The number of hydrogen-bond acceptors (Lipinski definition) is 4. The zero-order chi connectivity index (χ0) is 37.7. The summed E-state index contributed by atoms with van der Waals surface area (Å²) < 4.78 is 6.62. The summed E-state index contributed by atoms with van der Waals surface area (Å²) in [6.07, 6.45) is 0. The van der Waals surface area contributed by atoms with Gasteiger partial charge >= 0.3 is 0 Å². The Labute approximate surface area is 329 Å². The minimum Gasteiger partial charge on any atom is -0.456 e. The van der Waals surface area contributed by atoms with Gasteiger partial charge in [-0.3, -0.25) is 0 Å². The Morgan fingerprint density at radius 2 is 0.825 bits per heavy atom. The zero-order valence-electron chi connectivity index (χ0n) is 30.8. The van der Waals surface area contributed by atoms with E-state index in [0.29, 0.717) is 5.82 Å². The first-order valence-corrected chi connectivity index (χ1v) is 19.2. The largest absolute Gasteiger partial charge is 0.456 e. The predicted molar refractivity (Wildman–Crippen MR) is 235 cm³/mol. The van der Waals surface area contributed by atoms with Crippen molar-refractivity contribution in [3.8, 4) is 67.4 Å². The van der Waals surface area contributed by atoms with Crippen LogP contribution < -0.4 is 0 Å². The molecule has 0 N–H and O–H groups in total. The van der Waals surface area contributed by atoms with Gasteiger partial charge in [0.2, 0.25) is 0 Å². The third-order valence-electron chi connectivity index (χ3n) is 10.9. The standard InChI is InChI=1S/C53H33N3O/c1-4-14-34(15-5-1)35-24-30-40(31-25-35)53-55-45(36-16-6-2-7-17-36)33-46(56-53)37-26-28-38(29-27-37)49-50-41-20-10-12-22-44(41)54-52(39-18-8-3-9-19-39)43(50)32-48-51(49)42-21-11-13-23-47(42)57-48/h1-33H. The van der Waals surface area contributed by atoms with Crippen LogP contribution in [0.4, 0.5) is 0 Å². The molecule has 4 nitrogen and oxygen atoms in total. The van der Waals surface area contributed by atoms with E-state index in [9.17, 15) is 0 Å². The van der Waals surface area contributed by atoms with E-state index < -0.39 is 0 Å². The lowest BCUT2D eigenvalue weighted by atomic mass is 9.89. The lowest BCUT2D eigenvalue weighted by Crippen LogP contribution is -1.96. The maximum absolute atomic E-state index is 6.62. The Morgan fingerprint density at radius 1 is 0.316 bits per heavy atom. The summed E-state index contributed by atoms with van der Waals surface area (Å²) in [5.41, 5.74) is 13.9. The smallest absolute Gasteiger partial charge is 0.160 e. The highest BCUT2D eigenvalue weighted by atomic mass is 16.3. The average Bonchev–Trinajstić information content (AvgIpc) is 3.67. The molecule has 57 heavy (non-hydrogen) atoms. The summed E-state index contributed by atoms with van der Waals surface area (Å²) in [4.78, 5) is 15.5. The third-order valence-corrected chi connectivity index (χ3v) is 10.9. The van der Waals surface area contributed by atoms with Crippen LogP contribution in [0.15, 0.2) is 205 Å². The number of benzene rings is 8. The van der Waals surface area contributed by atoms with Gasteiger partial charge in [-0.25, -0.2) is 15.0 Å². The van der Waals surface area contributed by atoms with E-state index in [2.05, 4.69) is 158 Å². The maximum atomic E-state index is 6.62. The number of aromatic nitrogens is 3. The van der Waals surface area contributed by atoms with E-state index in [0.717, 1.165) is 99.6 Å². The highest BCUT2D eigenvalue weighted by Gasteiger charge is 2.22. The summed E-state index contributed by atoms with van der Waals surface area (Å²) in [6.45, 7) is 0. The van der Waals surface area contributed by atoms with Crippen LogP contribution in [-0.2, 0) is 0 Å². The number of para-hydroxylation sites is 2. The number of furan rings is 1. The number of hydrogen-bond donors (Lipinski definition) is 0. The Morgan fingerprint density at radius 3 is 1.53 bits per heavy atom. The molecule has 0 aliphatic carbocycles. The Kier molecular flexibility index (Phi) is 7.78. The van der Waals surface area contributed by atoms with Crippen LogP contribution in [-0.4, -0.2) is 15.0 Å². The van der Waals surface area contributed by atoms with Gasteiger partial charge < -0.3 is 4.42 Å². The molecule has 0 saturated carbocycles. The topological polar surface area (TPSA) is 51.8 Å². The molecule has 3 heterocycles. The van der Waals surface area contributed by atoms with Crippen molar-refractivity contribution in [1.82, 2.24) is 15.0 Å². The number of pyridine rings is 1. The highest BCUT2D eigenvalue weighted by molar-refractivity contribution is 6.27. The molecular weight excluding hydrogens is 695 g/mol. The second-order valence-corrected chi connectivity index (χ2v) is 14.3. The fraction of sp³-hybridized carbons (Fsp3) is 0. The molecule has 0 spiro atoms. The molecule has 0 fully saturated rings. The van der Waals surface area contributed by atoms with E-state index >= 15 is 0 Å². The first kappa shape index (κ1) is 32.7. The molecule has 3 aromatic heterocycles. The van der Waals surface area contributed by atoms with Crippen molar-refractivity contribution in [2.24, 2.45) is 0 Å². The number of fused-ring (bicyclic) bond motifs is 6. The van der Waals surface area contributed by atoms with Gasteiger partial charge in [0.25, 0.3) is 0 Å².